The second-order valence-electron chi connectivity index (χ2n) is 7.38. The SMILES string of the molecule is COc1ccc2c(c1)OC(C)C1=C2CCC2(C)C1=CCC2OC(C)=O. The Bertz CT molecular complexity index is 804. The Balaban J connectivity index is 1.78. The van der Waals surface area contributed by atoms with Crippen molar-refractivity contribution in [2.75, 3.05) is 7.11 Å². The van der Waals surface area contributed by atoms with Gasteiger partial charge in [0.05, 0.1) is 7.11 Å². The van der Waals surface area contributed by atoms with Gasteiger partial charge in [0.2, 0.25) is 0 Å². The van der Waals surface area contributed by atoms with E-state index in [2.05, 4.69) is 26.0 Å². The van der Waals surface area contributed by atoms with Gasteiger partial charge in [0.25, 0.3) is 0 Å². The van der Waals surface area contributed by atoms with Crippen LogP contribution < -0.4 is 9.47 Å². The Kier molecular flexibility index (Phi) is 3.67. The highest BCUT2D eigenvalue weighted by atomic mass is 16.5. The lowest BCUT2D eigenvalue weighted by molar-refractivity contribution is -0.150. The minimum absolute atomic E-state index is 0.0171. The molecule has 3 atom stereocenters. The number of esters is 1. The van der Waals surface area contributed by atoms with Gasteiger partial charge in [-0.3, -0.25) is 4.79 Å². The van der Waals surface area contributed by atoms with Crippen molar-refractivity contribution in [1.29, 1.82) is 0 Å². The Hall–Kier alpha value is -2.23. The molecule has 1 aliphatic heterocycles. The zero-order chi connectivity index (χ0) is 17.8. The third-order valence-electron chi connectivity index (χ3n) is 5.90. The summed E-state index contributed by atoms with van der Waals surface area (Å²) in [5.74, 6) is 1.50. The fraction of sp³-hybridized carbons (Fsp3) is 0.476. The molecule has 2 aliphatic carbocycles. The molecule has 0 spiro atoms. The molecule has 0 N–H and O–H groups in total. The summed E-state index contributed by atoms with van der Waals surface area (Å²) in [7, 11) is 1.67. The van der Waals surface area contributed by atoms with Gasteiger partial charge in [-0.2, -0.15) is 0 Å². The van der Waals surface area contributed by atoms with E-state index in [4.69, 9.17) is 14.2 Å². The van der Waals surface area contributed by atoms with Crippen molar-refractivity contribution in [3.63, 3.8) is 0 Å². The Labute approximate surface area is 148 Å². The summed E-state index contributed by atoms with van der Waals surface area (Å²) in [4.78, 5) is 11.5. The standard InChI is InChI=1S/C21H24O4/c1-12-20-16(15-6-5-14(23-4)11-18(15)24-12)9-10-21(3)17(20)7-8-19(21)25-13(2)22/h5-7,11-12,19H,8-10H2,1-4H3. The lowest BCUT2D eigenvalue weighted by Gasteiger charge is -2.43. The Morgan fingerprint density at radius 3 is 2.88 bits per heavy atom. The molecule has 0 saturated heterocycles. The van der Waals surface area contributed by atoms with Crippen LogP contribution in [0.4, 0.5) is 0 Å². The molecule has 3 aliphatic rings. The first-order chi connectivity index (χ1) is 11.9. The maximum absolute atomic E-state index is 11.5. The van der Waals surface area contributed by atoms with Gasteiger partial charge in [-0.1, -0.05) is 13.0 Å². The van der Waals surface area contributed by atoms with E-state index in [9.17, 15) is 4.79 Å². The monoisotopic (exact) mass is 340 g/mol. The summed E-state index contributed by atoms with van der Waals surface area (Å²) >= 11 is 0. The van der Waals surface area contributed by atoms with Crippen LogP contribution in [0.5, 0.6) is 11.5 Å². The maximum Gasteiger partial charge on any atom is 0.302 e. The average molecular weight is 340 g/mol. The normalized spacial score (nSPS) is 29.8. The van der Waals surface area contributed by atoms with Crippen molar-refractivity contribution in [3.05, 3.63) is 41.0 Å². The van der Waals surface area contributed by atoms with Crippen LogP contribution in [0, 0.1) is 5.41 Å². The predicted molar refractivity (Wildman–Crippen MR) is 95.6 cm³/mol. The smallest absolute Gasteiger partial charge is 0.302 e. The molecule has 132 valence electrons. The number of rotatable bonds is 2. The highest BCUT2D eigenvalue weighted by molar-refractivity contribution is 5.81. The van der Waals surface area contributed by atoms with E-state index in [0.717, 1.165) is 36.3 Å². The largest absolute Gasteiger partial charge is 0.497 e. The number of fused-ring (bicyclic) bond motifs is 4. The summed E-state index contributed by atoms with van der Waals surface area (Å²) in [6, 6.07) is 6.05. The van der Waals surface area contributed by atoms with E-state index >= 15 is 0 Å². The number of hydrogen-bond donors (Lipinski definition) is 0. The molecule has 3 unspecified atom stereocenters. The van der Waals surface area contributed by atoms with Crippen LogP contribution in [0.1, 0.15) is 45.6 Å². The van der Waals surface area contributed by atoms with Gasteiger partial charge in [0.1, 0.15) is 23.7 Å². The van der Waals surface area contributed by atoms with E-state index in [-0.39, 0.29) is 23.6 Å². The van der Waals surface area contributed by atoms with Crippen LogP contribution in [0.15, 0.2) is 35.4 Å². The summed E-state index contributed by atoms with van der Waals surface area (Å²) in [6.07, 6.45) is 4.89. The van der Waals surface area contributed by atoms with Gasteiger partial charge in [-0.25, -0.2) is 0 Å². The van der Waals surface area contributed by atoms with Gasteiger partial charge in [0.15, 0.2) is 0 Å². The number of hydrogen-bond acceptors (Lipinski definition) is 4. The number of allylic oxidation sites excluding steroid dienone is 1. The second kappa shape index (κ2) is 5.65. The van der Waals surface area contributed by atoms with Crippen molar-refractivity contribution in [2.45, 2.75) is 52.2 Å². The topological polar surface area (TPSA) is 44.8 Å². The van der Waals surface area contributed by atoms with E-state index in [0.29, 0.717) is 0 Å². The second-order valence-corrected chi connectivity index (χ2v) is 7.38. The van der Waals surface area contributed by atoms with Gasteiger partial charge in [0, 0.05) is 30.4 Å². The van der Waals surface area contributed by atoms with Crippen LogP contribution in [0.3, 0.4) is 0 Å². The minimum atomic E-state index is -0.203. The molecule has 0 radical (unpaired) electrons. The summed E-state index contributed by atoms with van der Waals surface area (Å²) < 4.78 is 17.2. The lowest BCUT2D eigenvalue weighted by atomic mass is 9.66. The van der Waals surface area contributed by atoms with E-state index in [1.807, 2.05) is 12.1 Å². The van der Waals surface area contributed by atoms with Crippen molar-refractivity contribution < 1.29 is 19.0 Å². The Morgan fingerprint density at radius 2 is 2.16 bits per heavy atom. The minimum Gasteiger partial charge on any atom is -0.497 e. The summed E-state index contributed by atoms with van der Waals surface area (Å²) in [5.41, 5.74) is 4.98. The third kappa shape index (κ3) is 2.38. The fourth-order valence-corrected chi connectivity index (χ4v) is 4.64. The number of benzene rings is 1. The molecule has 1 aromatic rings. The molecule has 1 aromatic carbocycles. The average Bonchev–Trinajstić information content (AvgIpc) is 2.90. The van der Waals surface area contributed by atoms with Crippen molar-refractivity contribution in [1.82, 2.24) is 0 Å². The number of ether oxygens (including phenoxy) is 3. The number of methoxy groups -OCH3 is 1. The molecule has 0 amide bonds. The van der Waals surface area contributed by atoms with E-state index < -0.39 is 0 Å². The van der Waals surface area contributed by atoms with Gasteiger partial charge >= 0.3 is 5.97 Å². The van der Waals surface area contributed by atoms with Gasteiger partial charge in [-0.05, 0) is 48.6 Å². The maximum atomic E-state index is 11.5. The van der Waals surface area contributed by atoms with Crippen LogP contribution in [0.25, 0.3) is 5.57 Å². The number of carbonyl (C=O) groups is 1. The lowest BCUT2D eigenvalue weighted by Crippen LogP contribution is -2.39. The Morgan fingerprint density at radius 1 is 1.36 bits per heavy atom. The van der Waals surface area contributed by atoms with Crippen LogP contribution in [-0.2, 0) is 9.53 Å². The molecular formula is C21H24O4. The molecule has 0 fully saturated rings. The molecule has 4 heteroatoms. The first-order valence-electron chi connectivity index (χ1n) is 8.90. The molecular weight excluding hydrogens is 316 g/mol. The van der Waals surface area contributed by atoms with Crippen LogP contribution in [-0.4, -0.2) is 25.3 Å². The summed E-state index contributed by atoms with van der Waals surface area (Å²) in [5, 5.41) is 0. The fourth-order valence-electron chi connectivity index (χ4n) is 4.64. The molecule has 0 saturated carbocycles. The summed E-state index contributed by atoms with van der Waals surface area (Å²) in [6.45, 7) is 5.81. The first-order valence-corrected chi connectivity index (χ1v) is 8.90. The van der Waals surface area contributed by atoms with Crippen LogP contribution in [0.2, 0.25) is 0 Å². The molecule has 4 rings (SSSR count). The van der Waals surface area contributed by atoms with Gasteiger partial charge < -0.3 is 14.2 Å². The molecule has 0 aromatic heterocycles. The zero-order valence-corrected chi connectivity index (χ0v) is 15.2. The van der Waals surface area contributed by atoms with Crippen molar-refractivity contribution in [3.8, 4) is 11.5 Å². The molecule has 1 heterocycles. The number of carbonyl (C=O) groups excluding carboxylic acids is 1. The first kappa shape index (κ1) is 16.2. The molecule has 0 bridgehead atoms. The highest BCUT2D eigenvalue weighted by Gasteiger charge is 2.49. The predicted octanol–water partition coefficient (Wildman–Crippen LogP) is 4.29. The van der Waals surface area contributed by atoms with E-state index in [1.165, 1.54) is 23.6 Å². The van der Waals surface area contributed by atoms with Gasteiger partial charge in [-0.15, -0.1) is 0 Å². The van der Waals surface area contributed by atoms with Crippen molar-refractivity contribution in [2.24, 2.45) is 5.41 Å². The van der Waals surface area contributed by atoms with E-state index in [1.54, 1.807) is 7.11 Å². The zero-order valence-electron chi connectivity index (χ0n) is 15.2. The third-order valence-corrected chi connectivity index (χ3v) is 5.90. The van der Waals surface area contributed by atoms with Crippen molar-refractivity contribution >= 4 is 11.5 Å². The molecule has 25 heavy (non-hydrogen) atoms. The highest BCUT2D eigenvalue weighted by Crippen LogP contribution is 2.57. The molecule has 4 nitrogen and oxygen atoms in total. The van der Waals surface area contributed by atoms with Crippen LogP contribution >= 0.6 is 0 Å². The quantitative estimate of drug-likeness (QED) is 0.753.